The molecular formula is C14H9N5O. The van der Waals surface area contributed by atoms with Gasteiger partial charge in [0.05, 0.1) is 6.54 Å². The summed E-state index contributed by atoms with van der Waals surface area (Å²) in [7, 11) is 0. The highest BCUT2D eigenvalue weighted by Crippen LogP contribution is 2.34. The number of benzene rings is 1. The molecule has 0 saturated heterocycles. The average Bonchev–Trinajstić information content (AvgIpc) is 2.97. The Morgan fingerprint density at radius 1 is 1.05 bits per heavy atom. The summed E-state index contributed by atoms with van der Waals surface area (Å²) in [6.45, 7) is 4.11. The van der Waals surface area contributed by atoms with Gasteiger partial charge in [-0.15, -0.1) is 16.8 Å². The maximum atomic E-state index is 12.3. The van der Waals surface area contributed by atoms with Crippen molar-refractivity contribution in [3.05, 3.63) is 48.2 Å². The zero-order valence-electron chi connectivity index (χ0n) is 10.4. The molecule has 0 amide bonds. The van der Waals surface area contributed by atoms with E-state index < -0.39 is 0 Å². The van der Waals surface area contributed by atoms with Crippen LogP contribution in [0.15, 0.2) is 36.9 Å². The molecule has 2 aromatic heterocycles. The van der Waals surface area contributed by atoms with E-state index in [9.17, 15) is 4.79 Å². The minimum Gasteiger partial charge on any atom is -0.287 e. The van der Waals surface area contributed by atoms with Crippen molar-refractivity contribution in [1.82, 2.24) is 25.0 Å². The van der Waals surface area contributed by atoms with Crippen LogP contribution in [0.1, 0.15) is 16.1 Å². The Hall–Kier alpha value is -2.89. The molecule has 1 aliphatic carbocycles. The first-order valence-electron chi connectivity index (χ1n) is 6.16. The molecule has 1 aromatic carbocycles. The van der Waals surface area contributed by atoms with Crippen LogP contribution in [0, 0.1) is 0 Å². The number of aromatic nitrogens is 5. The molecule has 6 heteroatoms. The van der Waals surface area contributed by atoms with Crippen LogP contribution in [-0.2, 0) is 6.54 Å². The topological polar surface area (TPSA) is 73.6 Å². The lowest BCUT2D eigenvalue weighted by atomic mass is 10.1. The van der Waals surface area contributed by atoms with Crippen molar-refractivity contribution in [2.24, 2.45) is 0 Å². The number of fused-ring (bicyclic) bond motifs is 4. The molecule has 2 heterocycles. The van der Waals surface area contributed by atoms with Gasteiger partial charge in [-0.05, 0) is 0 Å². The fraction of sp³-hybridized carbons (Fsp3) is 0.0714. The van der Waals surface area contributed by atoms with Gasteiger partial charge in [0, 0.05) is 11.1 Å². The normalized spacial score (nSPS) is 12.5. The molecule has 0 unspecified atom stereocenters. The number of rotatable bonds is 2. The third-order valence-electron chi connectivity index (χ3n) is 3.21. The van der Waals surface area contributed by atoms with Crippen LogP contribution in [0.3, 0.4) is 0 Å². The summed E-state index contributed by atoms with van der Waals surface area (Å²) in [5.41, 5.74) is 3.20. The SMILES string of the molecule is C=CCn1nc2nc3c(nc2n1)-c1ccccc1C3=O. The summed E-state index contributed by atoms with van der Waals surface area (Å²) in [4.78, 5) is 22.5. The molecule has 0 atom stereocenters. The minimum absolute atomic E-state index is 0.108. The lowest BCUT2D eigenvalue weighted by molar-refractivity contribution is 0.103. The number of hydrogen-bond donors (Lipinski definition) is 0. The van der Waals surface area contributed by atoms with Crippen LogP contribution < -0.4 is 0 Å². The lowest BCUT2D eigenvalue weighted by Crippen LogP contribution is -2.00. The molecule has 0 radical (unpaired) electrons. The van der Waals surface area contributed by atoms with Crippen LogP contribution in [0.25, 0.3) is 22.6 Å². The maximum Gasteiger partial charge on any atom is 0.221 e. The average molecular weight is 263 g/mol. The van der Waals surface area contributed by atoms with E-state index in [0.29, 0.717) is 34.8 Å². The van der Waals surface area contributed by atoms with Gasteiger partial charge in [0.2, 0.25) is 17.1 Å². The Kier molecular flexibility index (Phi) is 2.09. The predicted molar refractivity (Wildman–Crippen MR) is 72.2 cm³/mol. The summed E-state index contributed by atoms with van der Waals surface area (Å²) in [5, 5.41) is 8.41. The molecule has 6 nitrogen and oxygen atoms in total. The van der Waals surface area contributed by atoms with E-state index in [1.54, 1.807) is 12.1 Å². The highest BCUT2D eigenvalue weighted by Gasteiger charge is 2.30. The van der Waals surface area contributed by atoms with Crippen LogP contribution in [-0.4, -0.2) is 30.7 Å². The fourth-order valence-corrected chi connectivity index (χ4v) is 2.35. The number of nitrogens with zero attached hydrogens (tertiary/aromatic N) is 5. The van der Waals surface area contributed by atoms with Gasteiger partial charge in [-0.1, -0.05) is 30.3 Å². The number of carbonyl (C=O) groups is 1. The van der Waals surface area contributed by atoms with E-state index in [4.69, 9.17) is 0 Å². The van der Waals surface area contributed by atoms with Gasteiger partial charge in [-0.2, -0.15) is 4.80 Å². The second-order valence-corrected chi connectivity index (χ2v) is 4.49. The van der Waals surface area contributed by atoms with Crippen LogP contribution >= 0.6 is 0 Å². The Morgan fingerprint density at radius 2 is 1.70 bits per heavy atom. The second kappa shape index (κ2) is 3.80. The van der Waals surface area contributed by atoms with Crippen molar-refractivity contribution >= 4 is 17.1 Å². The van der Waals surface area contributed by atoms with E-state index in [0.717, 1.165) is 5.56 Å². The van der Waals surface area contributed by atoms with Gasteiger partial charge < -0.3 is 0 Å². The zero-order valence-corrected chi connectivity index (χ0v) is 10.4. The third-order valence-corrected chi connectivity index (χ3v) is 3.21. The molecule has 3 aromatic rings. The summed E-state index contributed by atoms with van der Waals surface area (Å²) in [6.07, 6.45) is 1.69. The van der Waals surface area contributed by atoms with Crippen LogP contribution in [0.5, 0.6) is 0 Å². The van der Waals surface area contributed by atoms with Gasteiger partial charge in [0.15, 0.2) is 0 Å². The van der Waals surface area contributed by atoms with Crippen molar-refractivity contribution in [2.75, 3.05) is 0 Å². The van der Waals surface area contributed by atoms with Crippen molar-refractivity contribution in [2.45, 2.75) is 6.54 Å². The monoisotopic (exact) mass is 263 g/mol. The molecule has 0 saturated carbocycles. The Bertz CT molecular complexity index is 880. The van der Waals surface area contributed by atoms with Gasteiger partial charge in [0.25, 0.3) is 0 Å². The van der Waals surface area contributed by atoms with E-state index >= 15 is 0 Å². The number of carbonyl (C=O) groups excluding carboxylic acids is 1. The van der Waals surface area contributed by atoms with Crippen LogP contribution in [0.4, 0.5) is 0 Å². The number of ketones is 1. The van der Waals surface area contributed by atoms with Crippen molar-refractivity contribution in [3.63, 3.8) is 0 Å². The molecular weight excluding hydrogens is 254 g/mol. The summed E-state index contributed by atoms with van der Waals surface area (Å²) >= 11 is 0. The molecule has 96 valence electrons. The van der Waals surface area contributed by atoms with Gasteiger partial charge >= 0.3 is 0 Å². The largest absolute Gasteiger partial charge is 0.287 e. The predicted octanol–water partition coefficient (Wildman–Crippen LogP) is 1.62. The van der Waals surface area contributed by atoms with E-state index in [1.807, 2.05) is 18.2 Å². The Labute approximate surface area is 113 Å². The first-order chi connectivity index (χ1) is 9.78. The number of allylic oxidation sites excluding steroid dienone is 1. The molecule has 4 rings (SSSR count). The van der Waals surface area contributed by atoms with E-state index in [-0.39, 0.29) is 5.78 Å². The summed E-state index contributed by atoms with van der Waals surface area (Å²) in [6, 6.07) is 7.36. The minimum atomic E-state index is -0.108. The zero-order chi connectivity index (χ0) is 13.7. The van der Waals surface area contributed by atoms with Crippen molar-refractivity contribution in [1.29, 1.82) is 0 Å². The third kappa shape index (κ3) is 1.36. The molecule has 0 spiro atoms. The Morgan fingerprint density at radius 3 is 2.40 bits per heavy atom. The maximum absolute atomic E-state index is 12.3. The van der Waals surface area contributed by atoms with E-state index in [2.05, 4.69) is 26.7 Å². The highest BCUT2D eigenvalue weighted by molar-refractivity contribution is 6.20. The summed E-state index contributed by atoms with van der Waals surface area (Å²) in [5.74, 6) is -0.108. The molecule has 0 bridgehead atoms. The Balaban J connectivity index is 1.99. The smallest absolute Gasteiger partial charge is 0.221 e. The van der Waals surface area contributed by atoms with Crippen molar-refractivity contribution < 1.29 is 4.79 Å². The quantitative estimate of drug-likeness (QED) is 0.514. The lowest BCUT2D eigenvalue weighted by Gasteiger charge is -1.95. The first kappa shape index (κ1) is 11.0. The van der Waals surface area contributed by atoms with Gasteiger partial charge in [-0.25, -0.2) is 9.97 Å². The van der Waals surface area contributed by atoms with E-state index in [1.165, 1.54) is 4.80 Å². The fourth-order valence-electron chi connectivity index (χ4n) is 2.35. The van der Waals surface area contributed by atoms with Gasteiger partial charge in [-0.3, -0.25) is 4.79 Å². The molecule has 0 N–H and O–H groups in total. The highest BCUT2D eigenvalue weighted by atomic mass is 16.1. The molecule has 20 heavy (non-hydrogen) atoms. The van der Waals surface area contributed by atoms with Crippen LogP contribution in [0.2, 0.25) is 0 Å². The van der Waals surface area contributed by atoms with Gasteiger partial charge in [0.1, 0.15) is 11.4 Å². The molecule has 0 aliphatic heterocycles. The first-order valence-corrected chi connectivity index (χ1v) is 6.16. The summed E-state index contributed by atoms with van der Waals surface area (Å²) < 4.78 is 0. The number of hydrogen-bond acceptors (Lipinski definition) is 5. The van der Waals surface area contributed by atoms with Crippen molar-refractivity contribution in [3.8, 4) is 11.3 Å². The second-order valence-electron chi connectivity index (χ2n) is 4.49. The molecule has 1 aliphatic rings. The molecule has 0 fully saturated rings. The standard InChI is InChI=1S/C14H9N5O/c1-2-7-19-17-13-14(18-19)16-11-10(15-13)8-5-3-4-6-9(8)12(11)20/h2-6H,1,7H2.